The number of amides is 2. The Balaban J connectivity index is 2.06. The highest BCUT2D eigenvalue weighted by Crippen LogP contribution is 2.24. The quantitative estimate of drug-likeness (QED) is 0.308. The monoisotopic (exact) mass is 663 g/mol. The predicted octanol–water partition coefficient (Wildman–Crippen LogP) is 5.14. The molecule has 1 atom stereocenters. The Bertz CT molecular complexity index is 1370. The first-order valence-electron chi connectivity index (χ1n) is 12.1. The molecule has 0 saturated heterocycles. The van der Waals surface area contributed by atoms with Crippen molar-refractivity contribution in [2.24, 2.45) is 0 Å². The van der Waals surface area contributed by atoms with E-state index in [4.69, 9.17) is 0 Å². The number of hydrogen-bond donors (Lipinski definition) is 1. The molecule has 0 saturated carbocycles. The first-order valence-corrected chi connectivity index (χ1v) is 15.5. The molecular formula is C28H31Br2N3O4S. The molecule has 1 N–H and O–H groups in total. The van der Waals surface area contributed by atoms with Gasteiger partial charge in [0.05, 0.1) is 11.9 Å². The van der Waals surface area contributed by atoms with Crippen LogP contribution in [0.2, 0.25) is 0 Å². The molecule has 3 aromatic rings. The Labute approximate surface area is 241 Å². The second-order valence-electron chi connectivity index (χ2n) is 9.27. The molecule has 0 spiro atoms. The first kappa shape index (κ1) is 29.9. The Kier molecular flexibility index (Phi) is 10.5. The predicted molar refractivity (Wildman–Crippen MR) is 158 cm³/mol. The fourth-order valence-corrected chi connectivity index (χ4v) is 5.69. The molecule has 0 bridgehead atoms. The summed E-state index contributed by atoms with van der Waals surface area (Å²) >= 11 is 6.84. The van der Waals surface area contributed by atoms with Crippen LogP contribution in [0.3, 0.4) is 0 Å². The van der Waals surface area contributed by atoms with E-state index in [1.54, 1.807) is 24.3 Å². The maximum absolute atomic E-state index is 14.0. The zero-order chi connectivity index (χ0) is 27.9. The van der Waals surface area contributed by atoms with Crippen LogP contribution in [-0.2, 0) is 32.6 Å². The highest BCUT2D eigenvalue weighted by Gasteiger charge is 2.33. The van der Waals surface area contributed by atoms with Gasteiger partial charge in [-0.1, -0.05) is 80.4 Å². The minimum Gasteiger partial charge on any atom is -0.352 e. The van der Waals surface area contributed by atoms with Crippen LogP contribution in [0, 0.1) is 0 Å². The third-order valence-electron chi connectivity index (χ3n) is 5.72. The second-order valence-corrected chi connectivity index (χ2v) is 13.0. The third-order valence-corrected chi connectivity index (χ3v) is 7.85. The number of carbonyl (C=O) groups excluding carboxylic acids is 2. The highest BCUT2D eigenvalue weighted by atomic mass is 79.9. The van der Waals surface area contributed by atoms with Crippen molar-refractivity contribution in [3.05, 3.63) is 98.9 Å². The van der Waals surface area contributed by atoms with Crippen LogP contribution in [0.5, 0.6) is 0 Å². The molecule has 7 nitrogen and oxygen atoms in total. The molecule has 0 aromatic heterocycles. The number of halogens is 2. The van der Waals surface area contributed by atoms with Crippen LogP contribution in [0.15, 0.2) is 87.8 Å². The maximum atomic E-state index is 14.0. The van der Waals surface area contributed by atoms with E-state index in [0.717, 1.165) is 26.2 Å². The van der Waals surface area contributed by atoms with Gasteiger partial charge in [0, 0.05) is 28.0 Å². The van der Waals surface area contributed by atoms with Gasteiger partial charge in [-0.25, -0.2) is 8.42 Å². The summed E-state index contributed by atoms with van der Waals surface area (Å²) < 4.78 is 28.2. The van der Waals surface area contributed by atoms with E-state index in [9.17, 15) is 18.0 Å². The van der Waals surface area contributed by atoms with Crippen LogP contribution < -0.4 is 9.62 Å². The fraction of sp³-hybridized carbons (Fsp3) is 0.286. The number of nitrogens with zero attached hydrogens (tertiary/aromatic N) is 2. The van der Waals surface area contributed by atoms with Crippen molar-refractivity contribution < 1.29 is 18.0 Å². The fourth-order valence-electron chi connectivity index (χ4n) is 4.01. The molecule has 0 aliphatic rings. The van der Waals surface area contributed by atoms with Gasteiger partial charge in [0.2, 0.25) is 21.8 Å². The highest BCUT2D eigenvalue weighted by molar-refractivity contribution is 9.10. The molecule has 38 heavy (non-hydrogen) atoms. The zero-order valence-corrected chi connectivity index (χ0v) is 25.5. The van der Waals surface area contributed by atoms with Crippen LogP contribution in [-0.4, -0.2) is 50.0 Å². The van der Waals surface area contributed by atoms with Crippen molar-refractivity contribution >= 4 is 59.4 Å². The van der Waals surface area contributed by atoms with Gasteiger partial charge in [-0.3, -0.25) is 13.9 Å². The van der Waals surface area contributed by atoms with Gasteiger partial charge in [-0.05, 0) is 55.3 Å². The average molecular weight is 665 g/mol. The van der Waals surface area contributed by atoms with Crippen LogP contribution in [0.1, 0.15) is 25.0 Å². The topological polar surface area (TPSA) is 86.8 Å². The van der Waals surface area contributed by atoms with Gasteiger partial charge in [0.15, 0.2) is 0 Å². The minimum atomic E-state index is -3.81. The second kappa shape index (κ2) is 13.4. The van der Waals surface area contributed by atoms with Crippen molar-refractivity contribution in [3.63, 3.8) is 0 Å². The maximum Gasteiger partial charge on any atom is 0.244 e. The van der Waals surface area contributed by atoms with Gasteiger partial charge < -0.3 is 10.2 Å². The minimum absolute atomic E-state index is 0.122. The van der Waals surface area contributed by atoms with E-state index in [1.807, 2.05) is 68.4 Å². The summed E-state index contributed by atoms with van der Waals surface area (Å²) in [7, 11) is -3.81. The smallest absolute Gasteiger partial charge is 0.244 e. The lowest BCUT2D eigenvalue weighted by molar-refractivity contribution is -0.140. The molecule has 0 aliphatic carbocycles. The molecule has 0 heterocycles. The van der Waals surface area contributed by atoms with Crippen LogP contribution >= 0.6 is 31.9 Å². The lowest BCUT2D eigenvalue weighted by Gasteiger charge is -2.34. The first-order chi connectivity index (χ1) is 17.9. The lowest BCUT2D eigenvalue weighted by Crippen LogP contribution is -2.54. The van der Waals surface area contributed by atoms with Crippen molar-refractivity contribution in [2.45, 2.75) is 38.9 Å². The third kappa shape index (κ3) is 8.68. The van der Waals surface area contributed by atoms with Crippen molar-refractivity contribution in [3.8, 4) is 0 Å². The lowest BCUT2D eigenvalue weighted by atomic mass is 10.0. The van der Waals surface area contributed by atoms with Gasteiger partial charge in [-0.2, -0.15) is 0 Å². The van der Waals surface area contributed by atoms with E-state index in [2.05, 4.69) is 37.2 Å². The largest absolute Gasteiger partial charge is 0.352 e. The number of carbonyl (C=O) groups is 2. The number of sulfonamides is 1. The standard InChI is InChI=1S/C28H31Br2N3O4S/c1-20(2)31-28(35)26(16-21-9-5-4-6-10-21)32(18-22-11-7-12-23(29)15-22)27(34)19-33(38(3,36)37)25-14-8-13-24(30)17-25/h4-15,17,20,26H,16,18-19H2,1-3H3,(H,31,35)/t26-/m1/s1. The van der Waals surface area contributed by atoms with Crippen molar-refractivity contribution in [1.82, 2.24) is 10.2 Å². The van der Waals surface area contributed by atoms with E-state index in [1.165, 1.54) is 4.90 Å². The molecule has 10 heteroatoms. The van der Waals surface area contributed by atoms with E-state index in [0.29, 0.717) is 10.2 Å². The molecule has 0 unspecified atom stereocenters. The molecule has 2 amide bonds. The molecular weight excluding hydrogens is 634 g/mol. The SMILES string of the molecule is CC(C)NC(=O)[C@@H](Cc1ccccc1)N(Cc1cccc(Br)c1)C(=O)CN(c1cccc(Br)c1)S(C)(=O)=O. The van der Waals surface area contributed by atoms with Crippen LogP contribution in [0.4, 0.5) is 5.69 Å². The summed E-state index contributed by atoms with van der Waals surface area (Å²) in [5.41, 5.74) is 2.04. The van der Waals surface area contributed by atoms with E-state index < -0.39 is 28.5 Å². The molecule has 202 valence electrons. The molecule has 3 aromatic carbocycles. The molecule has 0 aliphatic heterocycles. The summed E-state index contributed by atoms with van der Waals surface area (Å²) in [5.74, 6) is -0.796. The Morgan fingerprint density at radius 1 is 0.868 bits per heavy atom. The molecule has 0 radical (unpaired) electrons. The number of benzene rings is 3. The number of rotatable bonds is 11. The van der Waals surface area contributed by atoms with Crippen molar-refractivity contribution in [1.29, 1.82) is 0 Å². The average Bonchev–Trinajstić information content (AvgIpc) is 2.84. The van der Waals surface area contributed by atoms with E-state index in [-0.39, 0.29) is 24.9 Å². The normalized spacial score (nSPS) is 12.2. The summed E-state index contributed by atoms with van der Waals surface area (Å²) in [5, 5.41) is 2.94. The van der Waals surface area contributed by atoms with Gasteiger partial charge in [-0.15, -0.1) is 0 Å². The molecule has 3 rings (SSSR count). The summed E-state index contributed by atoms with van der Waals surface area (Å²) in [6.45, 7) is 3.38. The number of hydrogen-bond acceptors (Lipinski definition) is 4. The zero-order valence-electron chi connectivity index (χ0n) is 21.5. The summed E-state index contributed by atoms with van der Waals surface area (Å²) in [6, 6.07) is 22.7. The summed E-state index contributed by atoms with van der Waals surface area (Å²) in [4.78, 5) is 29.0. The number of nitrogens with one attached hydrogen (secondary N) is 1. The summed E-state index contributed by atoms with van der Waals surface area (Å²) in [6.07, 6.45) is 1.33. The van der Waals surface area contributed by atoms with Gasteiger partial charge in [0.1, 0.15) is 12.6 Å². The molecule has 0 fully saturated rings. The Morgan fingerprint density at radius 3 is 2.05 bits per heavy atom. The van der Waals surface area contributed by atoms with Gasteiger partial charge in [0.25, 0.3) is 0 Å². The van der Waals surface area contributed by atoms with Gasteiger partial charge >= 0.3 is 0 Å². The Morgan fingerprint density at radius 2 is 1.47 bits per heavy atom. The van der Waals surface area contributed by atoms with Crippen molar-refractivity contribution in [2.75, 3.05) is 17.1 Å². The Hall–Kier alpha value is -2.69. The number of anilines is 1. The van der Waals surface area contributed by atoms with E-state index >= 15 is 0 Å². The van der Waals surface area contributed by atoms with Crippen LogP contribution in [0.25, 0.3) is 0 Å².